The molecule has 0 radical (unpaired) electrons. The smallest absolute Gasteiger partial charge is 0.229 e. The fraction of sp³-hybridized carbons (Fsp3) is 0.400. The largest absolute Gasteiger partial charge is 0.354 e. The van der Waals surface area contributed by atoms with Gasteiger partial charge in [0.15, 0.2) is 0 Å². The average molecular weight is 306 g/mol. The van der Waals surface area contributed by atoms with E-state index in [4.69, 9.17) is 11.6 Å². The maximum Gasteiger partial charge on any atom is 0.229 e. The number of anilines is 2. The summed E-state index contributed by atoms with van der Waals surface area (Å²) in [4.78, 5) is 12.5. The first-order chi connectivity index (χ1) is 10.2. The number of nitrogens with zero attached hydrogens (tertiary/aromatic N) is 3. The summed E-state index contributed by atoms with van der Waals surface area (Å²) in [5.41, 5.74) is 2.55. The van der Waals surface area contributed by atoms with Gasteiger partial charge in [-0.05, 0) is 35.6 Å². The van der Waals surface area contributed by atoms with E-state index in [9.17, 15) is 0 Å². The number of hydrogen-bond donors (Lipinski definition) is 2. The van der Waals surface area contributed by atoms with Crippen molar-refractivity contribution in [2.75, 3.05) is 17.2 Å². The summed E-state index contributed by atoms with van der Waals surface area (Å²) in [6, 6.07) is 8.32. The number of nitrogens with one attached hydrogen (secondary N) is 2. The molecule has 6 heteroatoms. The number of benzene rings is 1. The summed E-state index contributed by atoms with van der Waals surface area (Å²) in [6.07, 6.45) is 2.00. The Kier molecular flexibility index (Phi) is 5.75. The molecule has 0 aliphatic rings. The zero-order valence-electron chi connectivity index (χ0n) is 12.4. The first kappa shape index (κ1) is 15.5. The summed E-state index contributed by atoms with van der Waals surface area (Å²) in [5, 5.41) is 6.51. The van der Waals surface area contributed by atoms with Crippen LogP contribution in [0.4, 0.5) is 11.9 Å². The number of rotatable bonds is 7. The van der Waals surface area contributed by atoms with Crippen molar-refractivity contribution in [3.05, 3.63) is 40.7 Å². The van der Waals surface area contributed by atoms with Gasteiger partial charge in [-0.3, -0.25) is 0 Å². The van der Waals surface area contributed by atoms with Crippen LogP contribution in [-0.4, -0.2) is 21.5 Å². The van der Waals surface area contributed by atoms with E-state index in [2.05, 4.69) is 57.6 Å². The molecule has 0 fully saturated rings. The summed E-state index contributed by atoms with van der Waals surface area (Å²) in [7, 11) is 0. The molecule has 0 saturated heterocycles. The van der Waals surface area contributed by atoms with Crippen LogP contribution in [0, 0.1) is 0 Å². The highest BCUT2D eigenvalue weighted by atomic mass is 35.5. The fourth-order valence-electron chi connectivity index (χ4n) is 1.99. The molecule has 21 heavy (non-hydrogen) atoms. The Morgan fingerprint density at radius 1 is 0.952 bits per heavy atom. The van der Waals surface area contributed by atoms with Crippen molar-refractivity contribution in [3.63, 3.8) is 0 Å². The van der Waals surface area contributed by atoms with E-state index in [1.807, 2.05) is 6.07 Å². The maximum atomic E-state index is 5.93. The molecule has 0 bridgehead atoms. The number of aromatic nitrogens is 3. The van der Waals surface area contributed by atoms with Gasteiger partial charge in [-0.1, -0.05) is 38.1 Å². The van der Waals surface area contributed by atoms with Crippen LogP contribution in [0.15, 0.2) is 24.3 Å². The molecule has 0 spiro atoms. The lowest BCUT2D eigenvalue weighted by Crippen LogP contribution is -2.10. The second kappa shape index (κ2) is 7.78. The minimum Gasteiger partial charge on any atom is -0.354 e. The zero-order chi connectivity index (χ0) is 15.1. The van der Waals surface area contributed by atoms with Crippen molar-refractivity contribution < 1.29 is 0 Å². The molecule has 1 heterocycles. The van der Waals surface area contributed by atoms with Crippen LogP contribution < -0.4 is 10.6 Å². The average Bonchev–Trinajstić information content (AvgIpc) is 2.50. The van der Waals surface area contributed by atoms with Crippen molar-refractivity contribution >= 4 is 23.5 Å². The van der Waals surface area contributed by atoms with E-state index >= 15 is 0 Å². The topological polar surface area (TPSA) is 62.7 Å². The lowest BCUT2D eigenvalue weighted by molar-refractivity contribution is 0.930. The predicted octanol–water partition coefficient (Wildman–Crippen LogP) is 3.52. The molecule has 0 aliphatic heterocycles. The summed E-state index contributed by atoms with van der Waals surface area (Å²) in [5.74, 6) is 0.989. The fourth-order valence-corrected chi connectivity index (χ4v) is 2.15. The SMILES string of the molecule is CCCNc1nc(Cl)nc(NCc2ccccc2CC)n1. The number of hydrogen-bond acceptors (Lipinski definition) is 5. The highest BCUT2D eigenvalue weighted by molar-refractivity contribution is 6.28. The monoisotopic (exact) mass is 305 g/mol. The Morgan fingerprint density at radius 3 is 2.29 bits per heavy atom. The molecule has 0 amide bonds. The first-order valence-corrected chi connectivity index (χ1v) is 7.56. The van der Waals surface area contributed by atoms with Crippen molar-refractivity contribution in [2.45, 2.75) is 33.2 Å². The van der Waals surface area contributed by atoms with Gasteiger partial charge in [0, 0.05) is 13.1 Å². The molecule has 1 aromatic carbocycles. The Labute approximate surface area is 130 Å². The van der Waals surface area contributed by atoms with Crippen molar-refractivity contribution in [1.29, 1.82) is 0 Å². The molecule has 0 unspecified atom stereocenters. The van der Waals surface area contributed by atoms with Gasteiger partial charge in [0.2, 0.25) is 17.2 Å². The highest BCUT2D eigenvalue weighted by Gasteiger charge is 2.05. The second-order valence-electron chi connectivity index (χ2n) is 4.65. The number of aryl methyl sites for hydroxylation is 1. The summed E-state index contributed by atoms with van der Waals surface area (Å²) >= 11 is 5.93. The van der Waals surface area contributed by atoms with E-state index in [1.54, 1.807) is 0 Å². The first-order valence-electron chi connectivity index (χ1n) is 7.19. The molecule has 2 aromatic rings. The van der Waals surface area contributed by atoms with E-state index in [0.29, 0.717) is 18.4 Å². The third-order valence-electron chi connectivity index (χ3n) is 3.08. The molecule has 0 aliphatic carbocycles. The third kappa shape index (κ3) is 4.56. The van der Waals surface area contributed by atoms with Crippen molar-refractivity contribution in [3.8, 4) is 0 Å². The zero-order valence-corrected chi connectivity index (χ0v) is 13.1. The molecule has 2 N–H and O–H groups in total. The quantitative estimate of drug-likeness (QED) is 0.819. The van der Waals surface area contributed by atoms with Crippen LogP contribution in [0.5, 0.6) is 0 Å². The van der Waals surface area contributed by atoms with Crippen LogP contribution in [-0.2, 0) is 13.0 Å². The number of halogens is 1. The van der Waals surface area contributed by atoms with Gasteiger partial charge >= 0.3 is 0 Å². The Bertz CT molecular complexity index is 588. The van der Waals surface area contributed by atoms with E-state index in [1.165, 1.54) is 11.1 Å². The lowest BCUT2D eigenvalue weighted by atomic mass is 10.1. The predicted molar refractivity (Wildman–Crippen MR) is 86.8 cm³/mol. The van der Waals surface area contributed by atoms with Crippen LogP contribution >= 0.6 is 11.6 Å². The molecule has 2 rings (SSSR count). The van der Waals surface area contributed by atoms with Gasteiger partial charge in [-0.25, -0.2) is 0 Å². The lowest BCUT2D eigenvalue weighted by Gasteiger charge is -2.10. The van der Waals surface area contributed by atoms with Crippen molar-refractivity contribution in [2.24, 2.45) is 0 Å². The van der Waals surface area contributed by atoms with Crippen LogP contribution in [0.1, 0.15) is 31.4 Å². The molecule has 0 saturated carbocycles. The minimum absolute atomic E-state index is 0.190. The Balaban J connectivity index is 2.07. The second-order valence-corrected chi connectivity index (χ2v) is 4.99. The van der Waals surface area contributed by atoms with E-state index < -0.39 is 0 Å². The molecule has 0 atom stereocenters. The van der Waals surface area contributed by atoms with Gasteiger partial charge in [-0.2, -0.15) is 15.0 Å². The molecular formula is C15H20ClN5. The highest BCUT2D eigenvalue weighted by Crippen LogP contribution is 2.13. The summed E-state index contributed by atoms with van der Waals surface area (Å²) in [6.45, 7) is 5.69. The normalized spacial score (nSPS) is 10.4. The molecular weight excluding hydrogens is 286 g/mol. The van der Waals surface area contributed by atoms with E-state index in [0.717, 1.165) is 19.4 Å². The molecule has 5 nitrogen and oxygen atoms in total. The van der Waals surface area contributed by atoms with Gasteiger partial charge in [0.25, 0.3) is 0 Å². The van der Waals surface area contributed by atoms with Crippen LogP contribution in [0.3, 0.4) is 0 Å². The van der Waals surface area contributed by atoms with Gasteiger partial charge in [0.05, 0.1) is 0 Å². The van der Waals surface area contributed by atoms with Crippen molar-refractivity contribution in [1.82, 2.24) is 15.0 Å². The minimum atomic E-state index is 0.190. The van der Waals surface area contributed by atoms with Crippen LogP contribution in [0.2, 0.25) is 5.28 Å². The summed E-state index contributed by atoms with van der Waals surface area (Å²) < 4.78 is 0. The Morgan fingerprint density at radius 2 is 1.62 bits per heavy atom. The van der Waals surface area contributed by atoms with Gasteiger partial charge < -0.3 is 10.6 Å². The van der Waals surface area contributed by atoms with Gasteiger partial charge in [-0.15, -0.1) is 0 Å². The standard InChI is InChI=1S/C15H20ClN5/c1-3-9-17-14-19-13(16)20-15(21-14)18-10-12-8-6-5-7-11(12)4-2/h5-8H,3-4,9-10H2,1-2H3,(H2,17,18,19,20,21). The maximum absolute atomic E-state index is 5.93. The Hall–Kier alpha value is -1.88. The molecule has 112 valence electrons. The van der Waals surface area contributed by atoms with E-state index in [-0.39, 0.29) is 5.28 Å². The third-order valence-corrected chi connectivity index (χ3v) is 3.25. The van der Waals surface area contributed by atoms with Gasteiger partial charge in [0.1, 0.15) is 0 Å². The van der Waals surface area contributed by atoms with Crippen LogP contribution in [0.25, 0.3) is 0 Å². The molecule has 1 aromatic heterocycles.